The zero-order valence-electron chi connectivity index (χ0n) is 18.7. The number of aromatic nitrogens is 3. The number of aromatic carboxylic acids is 1. The molecule has 0 aliphatic heterocycles. The third kappa shape index (κ3) is 3.59. The van der Waals surface area contributed by atoms with Crippen LogP contribution in [0.5, 0.6) is 17.4 Å². The Balaban J connectivity index is 1.89. The molecule has 0 spiro atoms. The van der Waals surface area contributed by atoms with E-state index >= 15 is 0 Å². The number of methoxy groups -OCH3 is 2. The van der Waals surface area contributed by atoms with Crippen LogP contribution in [-0.4, -0.2) is 50.7 Å². The Morgan fingerprint density at radius 1 is 0.857 bits per heavy atom. The molecule has 0 aliphatic carbocycles. The molecule has 9 heteroatoms. The number of nitrogens with zero attached hydrogens (tertiary/aromatic N) is 3. The van der Waals surface area contributed by atoms with Gasteiger partial charge in [0.2, 0.25) is 11.7 Å². The van der Waals surface area contributed by atoms with Gasteiger partial charge >= 0.3 is 5.97 Å². The minimum absolute atomic E-state index is 0.0345. The van der Waals surface area contributed by atoms with Crippen molar-refractivity contribution in [2.24, 2.45) is 0 Å². The van der Waals surface area contributed by atoms with Crippen LogP contribution in [0.25, 0.3) is 27.9 Å². The molecule has 2 N–H and O–H groups in total. The number of carboxylic acids is 1. The number of hydrogen-bond acceptors (Lipinski definition) is 7. The van der Waals surface area contributed by atoms with Gasteiger partial charge in [0.1, 0.15) is 22.6 Å². The van der Waals surface area contributed by atoms with E-state index in [0.29, 0.717) is 28.3 Å². The maximum Gasteiger partial charge on any atom is 0.335 e. The molecule has 0 atom stereocenters. The third-order valence-corrected chi connectivity index (χ3v) is 5.67. The number of carbonyl (C=O) groups excluding carboxylic acids is 1. The molecular weight excluding hydrogens is 450 g/mol. The van der Waals surface area contributed by atoms with Crippen molar-refractivity contribution in [3.63, 3.8) is 0 Å². The molecule has 9 nitrogen and oxygen atoms in total. The van der Waals surface area contributed by atoms with E-state index in [0.717, 1.165) is 0 Å². The molecule has 0 saturated carbocycles. The van der Waals surface area contributed by atoms with Crippen LogP contribution >= 0.6 is 0 Å². The predicted octanol–water partition coefficient (Wildman–Crippen LogP) is 4.23. The zero-order chi connectivity index (χ0) is 24.7. The number of benzene rings is 3. The first-order chi connectivity index (χ1) is 16.9. The Morgan fingerprint density at radius 3 is 2.31 bits per heavy atom. The molecule has 35 heavy (non-hydrogen) atoms. The smallest absolute Gasteiger partial charge is 0.335 e. The lowest BCUT2D eigenvalue weighted by Gasteiger charge is -2.13. The number of hydrogen-bond donors (Lipinski definition) is 2. The number of ether oxygens (including phenoxy) is 2. The van der Waals surface area contributed by atoms with Gasteiger partial charge in [-0.15, -0.1) is 0 Å². The molecule has 174 valence electrons. The Morgan fingerprint density at radius 2 is 1.63 bits per heavy atom. The second-order valence-corrected chi connectivity index (χ2v) is 7.67. The highest BCUT2D eigenvalue weighted by Crippen LogP contribution is 2.39. The second kappa shape index (κ2) is 8.45. The fraction of sp³-hybridized carbons (Fsp3) is 0.0769. The summed E-state index contributed by atoms with van der Waals surface area (Å²) in [5.74, 6) is -1.06. The summed E-state index contributed by atoms with van der Waals surface area (Å²) in [7, 11) is 2.98. The van der Waals surface area contributed by atoms with Crippen LogP contribution in [0, 0.1) is 0 Å². The van der Waals surface area contributed by atoms with Gasteiger partial charge in [-0.25, -0.2) is 14.8 Å². The molecule has 2 aromatic heterocycles. The van der Waals surface area contributed by atoms with Crippen LogP contribution in [0.15, 0.2) is 66.7 Å². The van der Waals surface area contributed by atoms with Crippen molar-refractivity contribution in [1.29, 1.82) is 0 Å². The normalized spacial score (nSPS) is 11.0. The summed E-state index contributed by atoms with van der Waals surface area (Å²) < 4.78 is 12.2. The summed E-state index contributed by atoms with van der Waals surface area (Å²) in [6, 6.07) is 17.8. The lowest BCUT2D eigenvalue weighted by molar-refractivity contribution is 0.0696. The van der Waals surface area contributed by atoms with E-state index in [2.05, 4.69) is 9.97 Å². The van der Waals surface area contributed by atoms with Gasteiger partial charge in [-0.3, -0.25) is 9.36 Å². The first kappa shape index (κ1) is 21.9. The molecule has 0 bridgehead atoms. The zero-order valence-corrected chi connectivity index (χ0v) is 18.7. The van der Waals surface area contributed by atoms with Gasteiger partial charge in [0.15, 0.2) is 5.65 Å². The molecule has 2 heterocycles. The van der Waals surface area contributed by atoms with Crippen LogP contribution in [-0.2, 0) is 0 Å². The van der Waals surface area contributed by atoms with E-state index < -0.39 is 11.8 Å². The van der Waals surface area contributed by atoms with E-state index in [1.54, 1.807) is 48.5 Å². The fourth-order valence-electron chi connectivity index (χ4n) is 3.96. The number of ketones is 1. The van der Waals surface area contributed by atoms with E-state index in [-0.39, 0.29) is 33.7 Å². The highest BCUT2D eigenvalue weighted by atomic mass is 16.5. The molecule has 5 rings (SSSR count). The highest BCUT2D eigenvalue weighted by Gasteiger charge is 2.28. The summed E-state index contributed by atoms with van der Waals surface area (Å²) >= 11 is 0. The summed E-state index contributed by atoms with van der Waals surface area (Å²) in [6.45, 7) is 0. The first-order valence-electron chi connectivity index (χ1n) is 10.5. The Bertz CT molecular complexity index is 1630. The van der Waals surface area contributed by atoms with E-state index in [1.807, 2.05) is 0 Å². The van der Waals surface area contributed by atoms with Crippen molar-refractivity contribution < 1.29 is 29.3 Å². The average molecular weight is 469 g/mol. The van der Waals surface area contributed by atoms with Gasteiger partial charge in [-0.05, 0) is 30.3 Å². The van der Waals surface area contributed by atoms with Crippen molar-refractivity contribution in [3.8, 4) is 23.1 Å². The van der Waals surface area contributed by atoms with Crippen LogP contribution in [0.3, 0.4) is 0 Å². The van der Waals surface area contributed by atoms with E-state index in [9.17, 15) is 19.8 Å². The lowest BCUT2D eigenvalue weighted by atomic mass is 10.0. The van der Waals surface area contributed by atoms with Crippen molar-refractivity contribution in [3.05, 3.63) is 83.4 Å². The molecular formula is C26H19N3O6. The number of carboxylic acid groups (broad SMARTS) is 1. The highest BCUT2D eigenvalue weighted by molar-refractivity contribution is 6.18. The van der Waals surface area contributed by atoms with Gasteiger partial charge in [-0.1, -0.05) is 30.3 Å². The van der Waals surface area contributed by atoms with E-state index in [1.165, 1.54) is 37.0 Å². The number of carbonyl (C=O) groups is 2. The summed E-state index contributed by atoms with van der Waals surface area (Å²) in [4.78, 5) is 34.2. The second-order valence-electron chi connectivity index (χ2n) is 7.67. The van der Waals surface area contributed by atoms with Crippen LogP contribution in [0.4, 0.5) is 0 Å². The van der Waals surface area contributed by atoms with Gasteiger partial charge in [0.25, 0.3) is 0 Å². The average Bonchev–Trinajstić information content (AvgIpc) is 3.16. The molecule has 0 radical (unpaired) electrons. The monoisotopic (exact) mass is 469 g/mol. The van der Waals surface area contributed by atoms with Gasteiger partial charge in [0.05, 0.1) is 36.5 Å². The van der Waals surface area contributed by atoms with Gasteiger partial charge in [-0.2, -0.15) is 0 Å². The number of rotatable bonds is 6. The molecule has 5 aromatic rings. The van der Waals surface area contributed by atoms with Crippen molar-refractivity contribution in [2.75, 3.05) is 14.2 Å². The van der Waals surface area contributed by atoms with Crippen molar-refractivity contribution in [1.82, 2.24) is 14.5 Å². The minimum atomic E-state index is -1.11. The Hall–Kier alpha value is -4.92. The molecule has 0 aliphatic rings. The molecule has 0 saturated heterocycles. The number of fused-ring (bicyclic) bond motifs is 2. The van der Waals surface area contributed by atoms with Crippen LogP contribution < -0.4 is 9.47 Å². The maximum atomic E-state index is 13.5. The van der Waals surface area contributed by atoms with Crippen LogP contribution in [0.1, 0.15) is 26.3 Å². The van der Waals surface area contributed by atoms with Gasteiger partial charge < -0.3 is 19.7 Å². The quantitative estimate of drug-likeness (QED) is 0.354. The molecule has 3 aromatic carbocycles. The number of aromatic hydroxyl groups is 1. The predicted molar refractivity (Wildman–Crippen MR) is 128 cm³/mol. The molecule has 0 amide bonds. The summed E-state index contributed by atoms with van der Waals surface area (Å²) in [6.07, 6.45) is 0. The van der Waals surface area contributed by atoms with Crippen molar-refractivity contribution in [2.45, 2.75) is 0 Å². The lowest BCUT2D eigenvalue weighted by Crippen LogP contribution is -2.02. The maximum absolute atomic E-state index is 13.5. The molecule has 0 fully saturated rings. The van der Waals surface area contributed by atoms with Gasteiger partial charge in [0, 0.05) is 11.6 Å². The van der Waals surface area contributed by atoms with Crippen LogP contribution in [0.2, 0.25) is 0 Å². The first-order valence-corrected chi connectivity index (χ1v) is 10.5. The fourth-order valence-corrected chi connectivity index (χ4v) is 3.96. The summed E-state index contributed by atoms with van der Waals surface area (Å²) in [5.41, 5.74) is 1.71. The SMILES string of the molecule is COc1ccc(OC)c(-n2c(O)c(C(=O)c3ccccc3)c3nc4ccc(C(=O)O)cc4nc32)c1. The van der Waals surface area contributed by atoms with Crippen molar-refractivity contribution >= 4 is 33.9 Å². The topological polar surface area (TPSA) is 124 Å². The minimum Gasteiger partial charge on any atom is -0.497 e. The standard InChI is InChI=1S/C26H19N3O6/c1-34-16-9-11-20(35-2)19(13-16)29-24-22(21(25(29)31)23(30)14-6-4-3-5-7-14)27-17-10-8-15(26(32)33)12-18(17)28-24/h3-13,31H,1-2H3,(H,32,33). The molecule has 0 unspecified atom stereocenters. The summed E-state index contributed by atoms with van der Waals surface area (Å²) in [5, 5.41) is 20.8. The van der Waals surface area contributed by atoms with E-state index in [4.69, 9.17) is 9.47 Å². The Kier molecular flexibility index (Phi) is 5.29. The Labute approximate surface area is 198 Å². The third-order valence-electron chi connectivity index (χ3n) is 5.67. The largest absolute Gasteiger partial charge is 0.497 e.